The summed E-state index contributed by atoms with van der Waals surface area (Å²) >= 11 is 0. The van der Waals surface area contributed by atoms with Crippen LogP contribution in [0.1, 0.15) is 11.1 Å². The van der Waals surface area contributed by atoms with Crippen LogP contribution < -0.4 is 28.3 Å². The molecule has 0 heterocycles. The quantitative estimate of drug-likeness (QED) is 0.402. The summed E-state index contributed by atoms with van der Waals surface area (Å²) < 4.78 is 10.2. The van der Waals surface area contributed by atoms with E-state index in [1.54, 1.807) is 19.1 Å². The van der Waals surface area contributed by atoms with Crippen LogP contribution in [0.2, 0.25) is 0 Å². The third kappa shape index (κ3) is 5.14. The van der Waals surface area contributed by atoms with Gasteiger partial charge in [0.1, 0.15) is 11.5 Å². The third-order valence-corrected chi connectivity index (χ3v) is 3.19. The number of amides is 1. The Morgan fingerprint density at radius 3 is 1.45 bits per heavy atom. The number of hydrogen-bond acceptors (Lipinski definition) is 3. The predicted molar refractivity (Wildman–Crippen MR) is 80.9 cm³/mol. The Labute approximate surface area is 143 Å². The van der Waals surface area contributed by atoms with Crippen molar-refractivity contribution < 1.29 is 33.1 Å². The standard InChI is InChI=1S/C17H18NO3.Li/c1-20-16-7-3-14(4-8-16)11-18(13-19)12-15-5-9-17(21-2)10-6-15;/h3-10H,11-12H2,1-2H3;/q-1;+1. The van der Waals surface area contributed by atoms with E-state index < -0.39 is 0 Å². The van der Waals surface area contributed by atoms with E-state index in [-0.39, 0.29) is 18.9 Å². The Hall–Kier alpha value is -1.89. The van der Waals surface area contributed by atoms with Crippen molar-refractivity contribution in [1.29, 1.82) is 0 Å². The number of ether oxygens (including phenoxy) is 2. The maximum atomic E-state index is 11.1. The third-order valence-electron chi connectivity index (χ3n) is 3.19. The first kappa shape index (κ1) is 18.2. The average molecular weight is 291 g/mol. The summed E-state index contributed by atoms with van der Waals surface area (Å²) in [6.45, 7) is 1.03. The molecule has 5 heteroatoms. The van der Waals surface area contributed by atoms with Crippen molar-refractivity contribution in [2.45, 2.75) is 13.1 Å². The summed E-state index contributed by atoms with van der Waals surface area (Å²) in [5, 5.41) is 0. The van der Waals surface area contributed by atoms with Gasteiger partial charge in [0, 0.05) is 13.1 Å². The molecule has 0 saturated carbocycles. The molecule has 0 fully saturated rings. The molecule has 0 N–H and O–H groups in total. The number of methoxy groups -OCH3 is 2. The maximum Gasteiger partial charge on any atom is 1.00 e. The van der Waals surface area contributed by atoms with Crippen molar-refractivity contribution in [3.8, 4) is 11.5 Å². The molecule has 2 aromatic rings. The monoisotopic (exact) mass is 291 g/mol. The topological polar surface area (TPSA) is 38.8 Å². The fraction of sp³-hybridized carbons (Fsp3) is 0.235. The summed E-state index contributed by atoms with van der Waals surface area (Å²) in [6.07, 6.45) is 1.98. The molecule has 0 spiro atoms. The van der Waals surface area contributed by atoms with Gasteiger partial charge in [-0.15, -0.1) is 0 Å². The average Bonchev–Trinajstić information content (AvgIpc) is 2.55. The van der Waals surface area contributed by atoms with Crippen molar-refractivity contribution in [3.05, 3.63) is 59.7 Å². The molecule has 0 unspecified atom stereocenters. The van der Waals surface area contributed by atoms with Gasteiger partial charge in [-0.05, 0) is 35.4 Å². The second-order valence-corrected chi connectivity index (χ2v) is 4.64. The van der Waals surface area contributed by atoms with Crippen LogP contribution >= 0.6 is 0 Å². The molecule has 2 aromatic carbocycles. The minimum atomic E-state index is 0. The molecule has 0 aliphatic carbocycles. The Balaban J connectivity index is 0.00000242. The zero-order valence-electron chi connectivity index (χ0n) is 13.2. The molecule has 2 rings (SSSR count). The minimum Gasteiger partial charge on any atom is -0.520 e. The van der Waals surface area contributed by atoms with Crippen molar-refractivity contribution in [1.82, 2.24) is 4.90 Å². The van der Waals surface area contributed by atoms with Gasteiger partial charge >= 0.3 is 18.9 Å². The van der Waals surface area contributed by atoms with E-state index >= 15 is 0 Å². The molecule has 110 valence electrons. The molecule has 0 aromatic heterocycles. The van der Waals surface area contributed by atoms with Crippen LogP contribution in [0.15, 0.2) is 48.5 Å². The Bertz CT molecular complexity index is 520. The minimum absolute atomic E-state index is 0. The fourth-order valence-corrected chi connectivity index (χ4v) is 2.02. The van der Waals surface area contributed by atoms with Crippen LogP contribution in [-0.4, -0.2) is 25.5 Å². The molecule has 0 aliphatic rings. The molecule has 0 aliphatic heterocycles. The molecule has 0 atom stereocenters. The molecule has 22 heavy (non-hydrogen) atoms. The van der Waals surface area contributed by atoms with E-state index in [2.05, 4.69) is 0 Å². The van der Waals surface area contributed by atoms with Gasteiger partial charge in [0.05, 0.1) is 14.2 Å². The molecule has 4 nitrogen and oxygen atoms in total. The van der Waals surface area contributed by atoms with Crippen molar-refractivity contribution in [2.24, 2.45) is 0 Å². The second kappa shape index (κ2) is 9.19. The molecular formula is C17H18LiNO3. The smallest absolute Gasteiger partial charge is 0.520 e. The molecule has 0 radical (unpaired) electrons. The zero-order valence-corrected chi connectivity index (χ0v) is 13.2. The van der Waals surface area contributed by atoms with E-state index in [9.17, 15) is 4.79 Å². The van der Waals surface area contributed by atoms with Crippen LogP contribution in [0.25, 0.3) is 0 Å². The maximum absolute atomic E-state index is 11.1. The first-order valence-electron chi connectivity index (χ1n) is 6.63. The largest absolute Gasteiger partial charge is 1.00 e. The zero-order chi connectivity index (χ0) is 15.1. The number of rotatable bonds is 7. The van der Waals surface area contributed by atoms with Gasteiger partial charge in [0.25, 0.3) is 0 Å². The summed E-state index contributed by atoms with van der Waals surface area (Å²) in [4.78, 5) is 12.7. The molecular weight excluding hydrogens is 273 g/mol. The first-order valence-corrected chi connectivity index (χ1v) is 6.63. The fourth-order valence-electron chi connectivity index (χ4n) is 2.02. The van der Waals surface area contributed by atoms with Gasteiger partial charge < -0.3 is 19.2 Å². The molecule has 0 saturated heterocycles. The molecule has 1 amide bonds. The Morgan fingerprint density at radius 2 is 1.18 bits per heavy atom. The van der Waals surface area contributed by atoms with E-state index in [4.69, 9.17) is 9.47 Å². The second-order valence-electron chi connectivity index (χ2n) is 4.64. The van der Waals surface area contributed by atoms with Crippen molar-refractivity contribution in [3.63, 3.8) is 0 Å². The first-order chi connectivity index (χ1) is 10.2. The summed E-state index contributed by atoms with van der Waals surface area (Å²) in [5.74, 6) is 1.60. The van der Waals surface area contributed by atoms with Gasteiger partial charge in [0.2, 0.25) is 0 Å². The van der Waals surface area contributed by atoms with Gasteiger partial charge in [0.15, 0.2) is 0 Å². The van der Waals surface area contributed by atoms with Gasteiger partial charge in [-0.2, -0.15) is 6.41 Å². The predicted octanol–water partition coefficient (Wildman–Crippen LogP) is -0.223. The summed E-state index contributed by atoms with van der Waals surface area (Å²) in [6, 6.07) is 15.3. The van der Waals surface area contributed by atoms with Crippen LogP contribution in [0.3, 0.4) is 0 Å². The van der Waals surface area contributed by atoms with Crippen molar-refractivity contribution >= 4 is 6.41 Å². The van der Waals surface area contributed by atoms with Crippen LogP contribution in [0.4, 0.5) is 0 Å². The number of carbonyl (C=O) groups excluding carboxylic acids is 1. The summed E-state index contributed by atoms with van der Waals surface area (Å²) in [5.41, 5.74) is 2.07. The van der Waals surface area contributed by atoms with Crippen LogP contribution in [-0.2, 0) is 17.9 Å². The van der Waals surface area contributed by atoms with Gasteiger partial charge in [-0.1, -0.05) is 24.3 Å². The van der Waals surface area contributed by atoms with Crippen molar-refractivity contribution in [2.75, 3.05) is 14.2 Å². The van der Waals surface area contributed by atoms with E-state index in [1.807, 2.05) is 54.9 Å². The number of nitrogens with zero attached hydrogens (tertiary/aromatic N) is 1. The Kier molecular flexibility index (Phi) is 7.59. The van der Waals surface area contributed by atoms with E-state index in [0.29, 0.717) is 13.1 Å². The van der Waals surface area contributed by atoms with Crippen LogP contribution in [0, 0.1) is 0 Å². The Morgan fingerprint density at radius 1 is 0.818 bits per heavy atom. The van der Waals surface area contributed by atoms with E-state index in [0.717, 1.165) is 22.6 Å². The summed E-state index contributed by atoms with van der Waals surface area (Å²) in [7, 11) is 3.26. The number of benzene rings is 2. The van der Waals surface area contributed by atoms with Crippen LogP contribution in [0.5, 0.6) is 11.5 Å². The van der Waals surface area contributed by atoms with Gasteiger partial charge in [-0.25, -0.2) is 0 Å². The van der Waals surface area contributed by atoms with E-state index in [1.165, 1.54) is 0 Å². The normalized spacial score (nSPS) is 9.55. The van der Waals surface area contributed by atoms with Gasteiger partial charge in [-0.3, -0.25) is 0 Å². The SMILES string of the molecule is COc1ccc(CN([C-]=O)Cc2ccc(OC)cc2)cc1.[Li+]. The number of hydrogen-bond donors (Lipinski definition) is 0. The molecule has 0 bridgehead atoms.